The molecule has 0 fully saturated rings. The smallest absolute Gasteiger partial charge is 0.366 e. The highest BCUT2D eigenvalue weighted by atomic mass is 19.4. The van der Waals surface area contributed by atoms with Gasteiger partial charge in [0, 0.05) is 17.1 Å². The zero-order valence-electron chi connectivity index (χ0n) is 16.2. The van der Waals surface area contributed by atoms with E-state index in [4.69, 9.17) is 5.73 Å². The monoisotopic (exact) mass is 466 g/mol. The van der Waals surface area contributed by atoms with Crippen molar-refractivity contribution in [3.63, 3.8) is 0 Å². The van der Waals surface area contributed by atoms with E-state index in [-0.39, 0.29) is 11.6 Å². The summed E-state index contributed by atoms with van der Waals surface area (Å²) in [6, 6.07) is 5.91. The van der Waals surface area contributed by atoms with Gasteiger partial charge in [0.2, 0.25) is 0 Å². The molecule has 3 N–H and O–H groups in total. The molecule has 0 saturated heterocycles. The number of alkyl halides is 6. The van der Waals surface area contributed by atoms with Crippen LogP contribution in [0, 0.1) is 0 Å². The van der Waals surface area contributed by atoms with E-state index in [2.05, 4.69) is 20.3 Å². The molecule has 2 aromatic heterocycles. The number of carbonyl (C=O) groups is 1. The van der Waals surface area contributed by atoms with Gasteiger partial charge in [-0.05, 0) is 29.8 Å². The van der Waals surface area contributed by atoms with Gasteiger partial charge in [-0.1, -0.05) is 12.1 Å². The third-order valence-corrected chi connectivity index (χ3v) is 4.63. The molecule has 13 heteroatoms. The molecule has 0 spiro atoms. The number of hydrogen-bond acceptors (Lipinski definition) is 4. The standard InChI is InChI=1S/C20H12F6N6O/c21-19(22,23)13-3-12(4-14(6-13)20(24,25)26)18-28-9-32(31-18)8-15(17(27)33)10-1-2-11-7-29-30-16(11)5-10/h1-9H,(H2,27,33)(H,29,30). The molecule has 2 aromatic carbocycles. The van der Waals surface area contributed by atoms with Crippen molar-refractivity contribution < 1.29 is 31.1 Å². The number of primary amides is 1. The number of amides is 1. The van der Waals surface area contributed by atoms with E-state index in [1.807, 2.05) is 0 Å². The van der Waals surface area contributed by atoms with Crippen molar-refractivity contribution in [3.05, 3.63) is 65.6 Å². The minimum atomic E-state index is -5.01. The van der Waals surface area contributed by atoms with Crippen molar-refractivity contribution in [1.29, 1.82) is 0 Å². The van der Waals surface area contributed by atoms with Crippen molar-refractivity contribution >= 4 is 28.6 Å². The fraction of sp³-hybridized carbons (Fsp3) is 0.100. The number of carbonyl (C=O) groups excluding carboxylic acids is 1. The van der Waals surface area contributed by atoms with Crippen LogP contribution in [0.1, 0.15) is 16.7 Å². The van der Waals surface area contributed by atoms with Gasteiger partial charge in [0.25, 0.3) is 5.91 Å². The van der Waals surface area contributed by atoms with Crippen LogP contribution in [0.2, 0.25) is 0 Å². The van der Waals surface area contributed by atoms with E-state index in [0.29, 0.717) is 23.2 Å². The molecular weight excluding hydrogens is 454 g/mol. The van der Waals surface area contributed by atoms with Gasteiger partial charge >= 0.3 is 12.4 Å². The summed E-state index contributed by atoms with van der Waals surface area (Å²) in [5, 5.41) is 11.3. The lowest BCUT2D eigenvalue weighted by molar-refractivity contribution is -0.143. The normalized spacial score (nSPS) is 13.0. The minimum Gasteiger partial charge on any atom is -0.366 e. The van der Waals surface area contributed by atoms with Crippen molar-refractivity contribution in [2.24, 2.45) is 5.73 Å². The van der Waals surface area contributed by atoms with Crippen LogP contribution in [-0.2, 0) is 17.1 Å². The molecule has 0 aliphatic heterocycles. The maximum Gasteiger partial charge on any atom is 0.416 e. The summed E-state index contributed by atoms with van der Waals surface area (Å²) in [5.41, 5.74) is 2.93. The first-order valence-corrected chi connectivity index (χ1v) is 9.08. The zero-order valence-corrected chi connectivity index (χ0v) is 16.2. The quantitative estimate of drug-likeness (QED) is 0.345. The summed E-state index contributed by atoms with van der Waals surface area (Å²) in [6.45, 7) is 0. The highest BCUT2D eigenvalue weighted by molar-refractivity contribution is 6.22. The Balaban J connectivity index is 1.76. The topological polar surface area (TPSA) is 102 Å². The number of nitrogens with one attached hydrogen (secondary N) is 1. The van der Waals surface area contributed by atoms with Crippen LogP contribution in [0.5, 0.6) is 0 Å². The number of aromatic nitrogens is 5. The molecular formula is C20H12F6N6O. The van der Waals surface area contributed by atoms with Gasteiger partial charge in [-0.3, -0.25) is 9.89 Å². The largest absolute Gasteiger partial charge is 0.416 e. The van der Waals surface area contributed by atoms with Crippen molar-refractivity contribution in [1.82, 2.24) is 25.0 Å². The second kappa shape index (κ2) is 7.76. The Morgan fingerprint density at radius 3 is 2.27 bits per heavy atom. The third-order valence-electron chi connectivity index (χ3n) is 4.63. The van der Waals surface area contributed by atoms with Crippen molar-refractivity contribution in [3.8, 4) is 11.4 Å². The summed E-state index contributed by atoms with van der Waals surface area (Å²) in [7, 11) is 0. The van der Waals surface area contributed by atoms with Gasteiger partial charge in [0.05, 0.1) is 28.4 Å². The Bertz CT molecular complexity index is 1350. The van der Waals surface area contributed by atoms with Crippen molar-refractivity contribution in [2.75, 3.05) is 0 Å². The Kier molecular flexibility index (Phi) is 5.18. The molecule has 0 unspecified atom stereocenters. The van der Waals surface area contributed by atoms with Crippen LogP contribution in [0.4, 0.5) is 26.3 Å². The number of rotatable bonds is 4. The van der Waals surface area contributed by atoms with Crippen LogP contribution in [0.3, 0.4) is 0 Å². The van der Waals surface area contributed by atoms with Gasteiger partial charge in [-0.2, -0.15) is 31.4 Å². The zero-order chi connectivity index (χ0) is 24.0. The first-order valence-electron chi connectivity index (χ1n) is 9.08. The molecule has 0 aliphatic carbocycles. The number of aromatic amines is 1. The summed E-state index contributed by atoms with van der Waals surface area (Å²) in [6.07, 6.45) is -6.26. The molecule has 7 nitrogen and oxygen atoms in total. The highest BCUT2D eigenvalue weighted by Gasteiger charge is 2.37. The summed E-state index contributed by atoms with van der Waals surface area (Å²) in [4.78, 5) is 15.8. The van der Waals surface area contributed by atoms with E-state index >= 15 is 0 Å². The molecule has 0 atom stereocenters. The molecule has 4 rings (SSSR count). The molecule has 4 aromatic rings. The maximum atomic E-state index is 13.1. The van der Waals surface area contributed by atoms with Gasteiger partial charge in [0.15, 0.2) is 5.82 Å². The molecule has 0 aliphatic rings. The summed E-state index contributed by atoms with van der Waals surface area (Å²) >= 11 is 0. The first-order chi connectivity index (χ1) is 15.4. The van der Waals surface area contributed by atoms with Gasteiger partial charge in [-0.25, -0.2) is 9.67 Å². The minimum absolute atomic E-state index is 0.0111. The van der Waals surface area contributed by atoms with Crippen LogP contribution in [0.25, 0.3) is 34.1 Å². The highest BCUT2D eigenvalue weighted by Crippen LogP contribution is 2.38. The average Bonchev–Trinajstić information content (AvgIpc) is 3.39. The van der Waals surface area contributed by atoms with E-state index in [9.17, 15) is 31.1 Å². The van der Waals surface area contributed by atoms with Gasteiger partial charge < -0.3 is 5.73 Å². The van der Waals surface area contributed by atoms with Crippen molar-refractivity contribution in [2.45, 2.75) is 12.4 Å². The number of H-pyrrole nitrogens is 1. The van der Waals surface area contributed by atoms with E-state index < -0.39 is 40.8 Å². The summed E-state index contributed by atoms with van der Waals surface area (Å²) < 4.78 is 79.6. The van der Waals surface area contributed by atoms with Gasteiger partial charge in [0.1, 0.15) is 6.33 Å². The van der Waals surface area contributed by atoms with E-state index in [1.54, 1.807) is 24.4 Å². The molecule has 170 valence electrons. The Morgan fingerprint density at radius 1 is 1.00 bits per heavy atom. The number of benzene rings is 2. The van der Waals surface area contributed by atoms with Crippen LogP contribution in [-0.4, -0.2) is 30.9 Å². The van der Waals surface area contributed by atoms with Gasteiger partial charge in [-0.15, -0.1) is 5.10 Å². The molecule has 0 radical (unpaired) electrons. The number of halogens is 6. The fourth-order valence-corrected chi connectivity index (χ4v) is 3.07. The lowest BCUT2D eigenvalue weighted by atomic mass is 10.0. The maximum absolute atomic E-state index is 13.1. The number of nitrogens with zero attached hydrogens (tertiary/aromatic N) is 4. The number of fused-ring (bicyclic) bond motifs is 1. The van der Waals surface area contributed by atoms with Crippen LogP contribution < -0.4 is 5.73 Å². The van der Waals surface area contributed by atoms with E-state index in [0.717, 1.165) is 22.6 Å². The molecule has 2 heterocycles. The Hall–Kier alpha value is -4.16. The Labute approximate surface area is 180 Å². The third kappa shape index (κ3) is 4.56. The molecule has 33 heavy (non-hydrogen) atoms. The Morgan fingerprint density at radius 2 is 1.67 bits per heavy atom. The van der Waals surface area contributed by atoms with E-state index in [1.165, 1.54) is 0 Å². The second-order valence-corrected chi connectivity index (χ2v) is 6.92. The molecule has 0 bridgehead atoms. The predicted molar refractivity (Wildman–Crippen MR) is 105 cm³/mol. The van der Waals surface area contributed by atoms with Crippen LogP contribution in [0.15, 0.2) is 48.9 Å². The molecule has 0 saturated carbocycles. The van der Waals surface area contributed by atoms with Crippen LogP contribution >= 0.6 is 0 Å². The molecule has 1 amide bonds. The average molecular weight is 466 g/mol. The number of nitrogens with two attached hydrogens (primary N) is 1. The SMILES string of the molecule is NC(=O)C(=Cn1cnc(-c2cc(C(F)(F)F)cc(C(F)(F)F)c2)n1)c1ccc2cn[nH]c2c1. The first kappa shape index (κ1) is 22.0. The predicted octanol–water partition coefficient (Wildman–Crippen LogP) is 4.34. The lowest BCUT2D eigenvalue weighted by Crippen LogP contribution is -2.13. The second-order valence-electron chi connectivity index (χ2n) is 6.92. The number of hydrogen-bond donors (Lipinski definition) is 2. The summed E-state index contributed by atoms with van der Waals surface area (Å²) in [5.74, 6) is -1.25. The lowest BCUT2D eigenvalue weighted by Gasteiger charge is -2.13. The fourth-order valence-electron chi connectivity index (χ4n) is 3.07.